The number of aromatic nitrogens is 3. The standard InChI is InChI=1S/C26H32ClN3O2S/c1-29-15-14-21(18-24(29)31)17-22-19-30(2)26(28-25(22)32)33-16-8-6-4-3-5-7-9-20-10-12-23(27)13-11-20/h10-15,18-19H,3-9,16-17H2,1-2H3. The van der Waals surface area contributed by atoms with E-state index in [-0.39, 0.29) is 11.1 Å². The lowest BCUT2D eigenvalue weighted by atomic mass is 10.1. The zero-order valence-corrected chi connectivity index (χ0v) is 21.0. The van der Waals surface area contributed by atoms with Crippen LogP contribution < -0.4 is 11.1 Å². The number of halogens is 1. The molecule has 0 N–H and O–H groups in total. The molecule has 0 aliphatic carbocycles. The van der Waals surface area contributed by atoms with Gasteiger partial charge >= 0.3 is 0 Å². The lowest BCUT2D eigenvalue weighted by Crippen LogP contribution is -2.20. The van der Waals surface area contributed by atoms with Crippen molar-refractivity contribution in [1.82, 2.24) is 14.1 Å². The van der Waals surface area contributed by atoms with Crippen LogP contribution in [0.3, 0.4) is 0 Å². The number of rotatable bonds is 12. The van der Waals surface area contributed by atoms with Gasteiger partial charge in [-0.15, -0.1) is 0 Å². The Bertz CT molecular complexity index is 1160. The highest BCUT2D eigenvalue weighted by atomic mass is 35.5. The summed E-state index contributed by atoms with van der Waals surface area (Å²) in [4.78, 5) is 28.6. The van der Waals surface area contributed by atoms with Gasteiger partial charge in [0.2, 0.25) is 0 Å². The van der Waals surface area contributed by atoms with Crippen molar-refractivity contribution >= 4 is 23.4 Å². The first-order chi connectivity index (χ1) is 15.9. The van der Waals surface area contributed by atoms with Crippen LogP contribution >= 0.6 is 23.4 Å². The number of benzene rings is 1. The fourth-order valence-electron chi connectivity index (χ4n) is 3.71. The van der Waals surface area contributed by atoms with Crippen LogP contribution in [0.25, 0.3) is 0 Å². The minimum Gasteiger partial charge on any atom is -0.330 e. The van der Waals surface area contributed by atoms with Gasteiger partial charge in [0.05, 0.1) is 0 Å². The number of hydrogen-bond donors (Lipinski definition) is 0. The Kier molecular flexibility index (Phi) is 9.82. The summed E-state index contributed by atoms with van der Waals surface area (Å²) >= 11 is 7.56. The largest absolute Gasteiger partial charge is 0.330 e. The van der Waals surface area contributed by atoms with E-state index in [1.165, 1.54) is 42.2 Å². The quantitative estimate of drug-likeness (QED) is 0.196. The molecule has 1 aromatic carbocycles. The number of pyridine rings is 1. The van der Waals surface area contributed by atoms with Crippen molar-refractivity contribution in [3.63, 3.8) is 0 Å². The molecule has 0 aliphatic rings. The van der Waals surface area contributed by atoms with E-state index in [4.69, 9.17) is 11.6 Å². The minimum absolute atomic E-state index is 0.0778. The number of nitrogens with zero attached hydrogens (tertiary/aromatic N) is 3. The van der Waals surface area contributed by atoms with Gasteiger partial charge in [0.15, 0.2) is 5.16 Å². The summed E-state index contributed by atoms with van der Waals surface area (Å²) in [6.45, 7) is 0. The molecule has 0 saturated carbocycles. The van der Waals surface area contributed by atoms with E-state index < -0.39 is 0 Å². The second kappa shape index (κ2) is 12.8. The Hall–Kier alpha value is -2.31. The molecule has 0 fully saturated rings. The monoisotopic (exact) mass is 485 g/mol. The molecule has 7 heteroatoms. The molecule has 33 heavy (non-hydrogen) atoms. The first-order valence-electron chi connectivity index (χ1n) is 11.5. The molecule has 0 amide bonds. The van der Waals surface area contributed by atoms with Crippen molar-refractivity contribution in [1.29, 1.82) is 0 Å². The number of hydrogen-bond acceptors (Lipinski definition) is 4. The lowest BCUT2D eigenvalue weighted by Gasteiger charge is -2.09. The predicted molar refractivity (Wildman–Crippen MR) is 138 cm³/mol. The fourth-order valence-corrected chi connectivity index (χ4v) is 4.77. The minimum atomic E-state index is -0.211. The smallest absolute Gasteiger partial charge is 0.277 e. The van der Waals surface area contributed by atoms with Crippen LogP contribution in [-0.4, -0.2) is 19.9 Å². The maximum Gasteiger partial charge on any atom is 0.277 e. The number of unbranched alkanes of at least 4 members (excludes halogenated alkanes) is 5. The Morgan fingerprint density at radius 1 is 0.879 bits per heavy atom. The zero-order chi connectivity index (χ0) is 23.6. The molecule has 2 heterocycles. The molecule has 0 unspecified atom stereocenters. The van der Waals surface area contributed by atoms with Crippen molar-refractivity contribution in [2.45, 2.75) is 56.5 Å². The van der Waals surface area contributed by atoms with Gasteiger partial charge in [0, 0.05) is 55.3 Å². The predicted octanol–water partition coefficient (Wildman–Crippen LogP) is 5.40. The van der Waals surface area contributed by atoms with Crippen molar-refractivity contribution in [2.75, 3.05) is 5.75 Å². The molecule has 3 rings (SSSR count). The van der Waals surface area contributed by atoms with Crippen molar-refractivity contribution < 1.29 is 0 Å². The summed E-state index contributed by atoms with van der Waals surface area (Å²) in [6.07, 6.45) is 12.4. The molecule has 0 atom stereocenters. The van der Waals surface area contributed by atoms with Gasteiger partial charge in [0.25, 0.3) is 11.1 Å². The van der Waals surface area contributed by atoms with Crippen LogP contribution in [0.1, 0.15) is 55.2 Å². The number of aryl methyl sites for hydroxylation is 3. The van der Waals surface area contributed by atoms with E-state index in [1.807, 2.05) is 36.0 Å². The Labute approximate surface area is 204 Å². The molecular weight excluding hydrogens is 454 g/mol. The third-order valence-corrected chi connectivity index (χ3v) is 7.07. The lowest BCUT2D eigenvalue weighted by molar-refractivity contribution is 0.609. The molecule has 5 nitrogen and oxygen atoms in total. The third-order valence-electron chi connectivity index (χ3n) is 5.69. The van der Waals surface area contributed by atoms with Crippen LogP contribution in [0.4, 0.5) is 0 Å². The highest BCUT2D eigenvalue weighted by Gasteiger charge is 2.09. The van der Waals surface area contributed by atoms with Gasteiger partial charge < -0.3 is 9.13 Å². The Balaban J connectivity index is 1.35. The first-order valence-corrected chi connectivity index (χ1v) is 12.9. The second-order valence-electron chi connectivity index (χ2n) is 8.47. The molecular formula is C26H32ClN3O2S. The van der Waals surface area contributed by atoms with Crippen LogP contribution in [0.15, 0.2) is 63.5 Å². The van der Waals surface area contributed by atoms with E-state index in [1.54, 1.807) is 31.1 Å². The van der Waals surface area contributed by atoms with Crippen LogP contribution in [0.2, 0.25) is 5.02 Å². The molecule has 176 valence electrons. The normalized spacial score (nSPS) is 11.1. The highest BCUT2D eigenvalue weighted by Crippen LogP contribution is 2.18. The molecule has 0 saturated heterocycles. The van der Waals surface area contributed by atoms with Crippen molar-refractivity contribution in [3.8, 4) is 0 Å². The van der Waals surface area contributed by atoms with Crippen LogP contribution in [0, 0.1) is 0 Å². The summed E-state index contributed by atoms with van der Waals surface area (Å²) in [5, 5.41) is 1.54. The van der Waals surface area contributed by atoms with Crippen LogP contribution in [0.5, 0.6) is 0 Å². The van der Waals surface area contributed by atoms with E-state index in [2.05, 4.69) is 17.1 Å². The first kappa shape index (κ1) is 25.3. The Morgan fingerprint density at radius 2 is 1.58 bits per heavy atom. The van der Waals surface area contributed by atoms with Gasteiger partial charge in [-0.2, -0.15) is 4.98 Å². The molecule has 0 spiro atoms. The van der Waals surface area contributed by atoms with Crippen LogP contribution in [-0.2, 0) is 26.9 Å². The van der Waals surface area contributed by atoms with E-state index in [0.717, 1.165) is 34.3 Å². The fraction of sp³-hybridized carbons (Fsp3) is 0.423. The maximum atomic E-state index is 12.5. The molecule has 0 bridgehead atoms. The van der Waals surface area contributed by atoms with Crippen molar-refractivity contribution in [2.24, 2.45) is 14.1 Å². The molecule has 0 aliphatic heterocycles. The average molecular weight is 486 g/mol. The van der Waals surface area contributed by atoms with E-state index >= 15 is 0 Å². The second-order valence-corrected chi connectivity index (χ2v) is 9.97. The summed E-state index contributed by atoms with van der Waals surface area (Å²) in [5.74, 6) is 0.957. The highest BCUT2D eigenvalue weighted by molar-refractivity contribution is 7.99. The molecule has 0 radical (unpaired) electrons. The summed E-state index contributed by atoms with van der Waals surface area (Å²) in [7, 11) is 3.63. The van der Waals surface area contributed by atoms with E-state index in [0.29, 0.717) is 12.0 Å². The zero-order valence-electron chi connectivity index (χ0n) is 19.4. The maximum absolute atomic E-state index is 12.5. The Morgan fingerprint density at radius 3 is 2.30 bits per heavy atom. The average Bonchev–Trinajstić information content (AvgIpc) is 2.79. The van der Waals surface area contributed by atoms with Gasteiger partial charge in [-0.1, -0.05) is 61.2 Å². The van der Waals surface area contributed by atoms with Gasteiger partial charge in [-0.25, -0.2) is 0 Å². The summed E-state index contributed by atoms with van der Waals surface area (Å²) in [6, 6.07) is 11.6. The summed E-state index contributed by atoms with van der Waals surface area (Å²) < 4.78 is 3.43. The topological polar surface area (TPSA) is 56.9 Å². The van der Waals surface area contributed by atoms with E-state index in [9.17, 15) is 9.59 Å². The van der Waals surface area contributed by atoms with Gasteiger partial charge in [-0.05, 0) is 48.6 Å². The number of thioether (sulfide) groups is 1. The third kappa shape index (κ3) is 8.20. The summed E-state index contributed by atoms with van der Waals surface area (Å²) in [5.41, 5.74) is 2.50. The molecule has 3 aromatic rings. The SMILES string of the molecule is Cn1cc(Cc2ccn(C)c(=O)c2)c(=O)nc1SCCCCCCCCc1ccc(Cl)cc1. The van der Waals surface area contributed by atoms with Gasteiger partial charge in [-0.3, -0.25) is 9.59 Å². The molecule has 2 aromatic heterocycles. The van der Waals surface area contributed by atoms with Crippen molar-refractivity contribution in [3.05, 3.63) is 91.2 Å². The van der Waals surface area contributed by atoms with Gasteiger partial charge in [0.1, 0.15) is 0 Å².